The molecular weight excluding hydrogens is 1200 g/mol. The molecule has 0 spiro atoms. The molecule has 1 aromatic carbocycles. The minimum atomic E-state index is -0.408. The Balaban J connectivity index is 0.000000372. The maximum atomic E-state index is 11.8. The van der Waals surface area contributed by atoms with Crippen LogP contribution in [0.25, 0.3) is 0 Å². The number of carbonyl (C=O) groups is 5. The van der Waals surface area contributed by atoms with Crippen LogP contribution >= 0.6 is 0 Å². The molecule has 8 saturated heterocycles. The molecule has 0 aliphatic carbocycles. The Morgan fingerprint density at radius 1 is 0.516 bits per heavy atom. The van der Waals surface area contributed by atoms with Crippen LogP contribution in [0.4, 0.5) is 4.79 Å². The number of likely N-dealkylation sites (tertiary alicyclic amines) is 8. The minimum Gasteiger partial charge on any atom is -0.468 e. The van der Waals surface area contributed by atoms with Crippen molar-refractivity contribution in [3.05, 3.63) is 35.9 Å². The summed E-state index contributed by atoms with van der Waals surface area (Å²) >= 11 is 0. The topological polar surface area (TPSA) is 179 Å². The maximum absolute atomic E-state index is 11.8. The summed E-state index contributed by atoms with van der Waals surface area (Å²) in [6.07, 6.45) is 24.0. The van der Waals surface area contributed by atoms with Crippen molar-refractivity contribution >= 4 is 30.0 Å². The monoisotopic (exact) mass is 1340 g/mol. The van der Waals surface area contributed by atoms with E-state index in [9.17, 15) is 24.0 Å². The van der Waals surface area contributed by atoms with Crippen LogP contribution in [0.15, 0.2) is 30.3 Å². The molecule has 8 aliphatic heterocycles. The van der Waals surface area contributed by atoms with Crippen LogP contribution in [0.5, 0.6) is 0 Å². The van der Waals surface area contributed by atoms with Gasteiger partial charge in [0, 0.05) is 44.2 Å². The summed E-state index contributed by atoms with van der Waals surface area (Å²) in [5, 5.41) is 2.86. The molecule has 0 bridgehead atoms. The first-order valence-electron chi connectivity index (χ1n) is 36.7. The molecule has 6 atom stereocenters. The van der Waals surface area contributed by atoms with Crippen LogP contribution < -0.4 is 5.32 Å². The van der Waals surface area contributed by atoms with E-state index in [1.54, 1.807) is 14.0 Å². The van der Waals surface area contributed by atoms with E-state index in [0.717, 1.165) is 102 Å². The third kappa shape index (κ3) is 39.4. The Morgan fingerprint density at radius 3 is 1.45 bits per heavy atom. The summed E-state index contributed by atoms with van der Waals surface area (Å²) in [7, 11) is 15.6. The number of rotatable bonds is 13. The van der Waals surface area contributed by atoms with Crippen LogP contribution in [0, 0.1) is 0 Å². The van der Waals surface area contributed by atoms with Crippen molar-refractivity contribution < 1.29 is 52.4 Å². The van der Waals surface area contributed by atoms with E-state index in [4.69, 9.17) is 23.7 Å². The number of amides is 1. The van der Waals surface area contributed by atoms with Crippen molar-refractivity contribution in [3.63, 3.8) is 0 Å². The summed E-state index contributed by atoms with van der Waals surface area (Å²) in [6.45, 7) is 38.8. The molecule has 20 nitrogen and oxygen atoms in total. The molecule has 552 valence electrons. The number of alkyl carbamates (subject to hydrolysis) is 1. The van der Waals surface area contributed by atoms with Gasteiger partial charge in [0.15, 0.2) is 0 Å². The Hall–Kier alpha value is -3.99. The van der Waals surface area contributed by atoms with E-state index in [1.165, 1.54) is 130 Å². The zero-order chi connectivity index (χ0) is 71.2. The maximum Gasteiger partial charge on any atom is 0.407 e. The third-order valence-corrected chi connectivity index (χ3v) is 18.4. The zero-order valence-electron chi connectivity index (χ0n) is 64.0. The van der Waals surface area contributed by atoms with E-state index in [2.05, 4.69) is 79.3 Å². The van der Waals surface area contributed by atoms with Gasteiger partial charge in [-0.25, -0.2) is 4.79 Å². The molecule has 8 aliphatic rings. The Morgan fingerprint density at radius 2 is 1.02 bits per heavy atom. The highest BCUT2D eigenvalue weighted by Gasteiger charge is 2.33. The van der Waals surface area contributed by atoms with Crippen LogP contribution in [-0.2, 0) is 54.2 Å². The lowest BCUT2D eigenvalue weighted by Crippen LogP contribution is -2.45. The summed E-state index contributed by atoms with van der Waals surface area (Å²) in [5.74, 6) is -0.404. The highest BCUT2D eigenvalue weighted by Crippen LogP contribution is 2.23. The molecule has 0 radical (unpaired) electrons. The number of benzene rings is 1. The summed E-state index contributed by atoms with van der Waals surface area (Å²) in [6, 6.07) is 12.5. The number of nitrogens with one attached hydrogen (secondary N) is 1. The molecule has 8 fully saturated rings. The average molecular weight is 1350 g/mol. The number of esters is 4. The van der Waals surface area contributed by atoms with E-state index in [-0.39, 0.29) is 65.3 Å². The van der Waals surface area contributed by atoms with Crippen molar-refractivity contribution in [2.24, 2.45) is 0 Å². The second kappa shape index (κ2) is 47.1. The normalized spacial score (nSPS) is 24.2. The van der Waals surface area contributed by atoms with Gasteiger partial charge in [-0.2, -0.15) is 0 Å². The number of nitrogens with zero attached hydrogens (tertiary/aromatic N) is 8. The zero-order valence-corrected chi connectivity index (χ0v) is 64.0. The van der Waals surface area contributed by atoms with Gasteiger partial charge in [0.25, 0.3) is 0 Å². The number of likely N-dealkylation sites (N-methyl/N-ethyl adjacent to an activating group) is 5. The SMILES string of the molecule is CCC(=O)OC(C)(C)C.CCCCN1CCCCC1C.CN1CCC(N2CCCCC2)CC1.CN1CCC(NC(=O)OC(C)(C)C)C1.CN1CCCC1C(=O)OC(C)(C)C.CN1CCCC1C(=O)OCc1ccccc1.COC(=O)C1CCCN1C.COCC1CCCN1C. The van der Waals surface area contributed by atoms with Gasteiger partial charge in [0.05, 0.1) is 13.7 Å². The van der Waals surface area contributed by atoms with Crippen LogP contribution in [0.1, 0.15) is 217 Å². The van der Waals surface area contributed by atoms with Crippen LogP contribution in [-0.4, -0.2) is 270 Å². The largest absolute Gasteiger partial charge is 0.468 e. The fraction of sp³-hybridized carbons (Fsp3) is 0.853. The molecule has 1 N–H and O–H groups in total. The van der Waals surface area contributed by atoms with E-state index in [1.807, 2.05) is 119 Å². The second-order valence-electron chi connectivity index (χ2n) is 30.5. The van der Waals surface area contributed by atoms with Gasteiger partial charge in [-0.3, -0.25) is 33.9 Å². The lowest BCUT2D eigenvalue weighted by molar-refractivity contribution is -0.160. The molecule has 1 amide bonds. The molecule has 1 aromatic rings. The van der Waals surface area contributed by atoms with Gasteiger partial charge >= 0.3 is 30.0 Å². The number of methoxy groups -OCH3 is 2. The molecular formula is C75H141N9O11. The van der Waals surface area contributed by atoms with Crippen molar-refractivity contribution in [2.75, 3.05) is 142 Å². The predicted octanol–water partition coefficient (Wildman–Crippen LogP) is 11.4. The first-order valence-corrected chi connectivity index (χ1v) is 36.7. The summed E-state index contributed by atoms with van der Waals surface area (Å²) in [5.41, 5.74) is -0.0566. The smallest absolute Gasteiger partial charge is 0.407 e. The van der Waals surface area contributed by atoms with Gasteiger partial charge in [-0.05, 0) is 292 Å². The van der Waals surface area contributed by atoms with Crippen molar-refractivity contribution in [3.8, 4) is 0 Å². The lowest BCUT2D eigenvalue weighted by atomic mass is 10.0. The first kappa shape index (κ1) is 87.1. The first-order chi connectivity index (χ1) is 44.8. The van der Waals surface area contributed by atoms with Gasteiger partial charge < -0.3 is 58.2 Å². The molecule has 0 aromatic heterocycles. The van der Waals surface area contributed by atoms with Crippen molar-refractivity contribution in [1.82, 2.24) is 44.5 Å². The quantitative estimate of drug-likeness (QED) is 0.145. The summed E-state index contributed by atoms with van der Waals surface area (Å²) < 4.78 is 30.4. The molecule has 0 saturated carbocycles. The summed E-state index contributed by atoms with van der Waals surface area (Å²) in [4.78, 5) is 74.9. The molecule has 6 unspecified atom stereocenters. The van der Waals surface area contributed by atoms with Crippen LogP contribution in [0.3, 0.4) is 0 Å². The Kier molecular flexibility index (Phi) is 43.2. The van der Waals surface area contributed by atoms with Gasteiger partial charge in [-0.1, -0.05) is 63.4 Å². The number of hydrogen-bond acceptors (Lipinski definition) is 19. The predicted molar refractivity (Wildman–Crippen MR) is 386 cm³/mol. The fourth-order valence-corrected chi connectivity index (χ4v) is 12.8. The number of unbranched alkanes of at least 4 members (excludes halogenated alkanes) is 1. The standard InChI is InChI=1S/C13H17NO2.C11H22N2.C10H20N2O2.C10H19NO2.C10H21N.C7H13NO2.C7H15NO.C7H14O2/c1-14-9-5-8-12(14)13(15)16-10-11-6-3-2-4-7-11;1-12-9-5-11(6-10-12)13-7-3-2-4-8-13;1-10(2,3)14-9(13)11-8-5-6-12(4)7-8;1-10(2,3)13-9(12)8-6-5-7-11(8)4;1-3-4-8-11-9-6-5-7-10(11)2;1-8-5-3-4-6(8)7(9)10-2;1-8-5-3-4-7(8)6-9-2;1-5-6(8)9-7(2,3)4/h2-4,6-7,12H,5,8-10H2,1H3;11H,2-10H2,1H3;8H,5-7H2,1-4H3,(H,11,13);8H,5-7H2,1-4H3;10H,3-9H2,1-2H3;6H,3-5H2,1-2H3;7H,3-6H2,1-2H3;5H2,1-4H3. The fourth-order valence-electron chi connectivity index (χ4n) is 12.8. The Bertz CT molecular complexity index is 2220. The Labute approximate surface area is 579 Å². The number of hydrogen-bond donors (Lipinski definition) is 1. The van der Waals surface area contributed by atoms with Crippen molar-refractivity contribution in [2.45, 2.75) is 277 Å². The van der Waals surface area contributed by atoms with E-state index < -0.39 is 5.60 Å². The lowest BCUT2D eigenvalue weighted by Gasteiger charge is -2.39. The molecule has 95 heavy (non-hydrogen) atoms. The van der Waals surface area contributed by atoms with E-state index >= 15 is 0 Å². The highest BCUT2D eigenvalue weighted by molar-refractivity contribution is 5.77. The highest BCUT2D eigenvalue weighted by atomic mass is 16.6. The average Bonchev–Trinajstić information content (AvgIpc) is 2.03. The molecule has 20 heteroatoms. The van der Waals surface area contributed by atoms with Crippen LogP contribution in [0.2, 0.25) is 0 Å². The third-order valence-electron chi connectivity index (χ3n) is 18.4. The molecule has 8 heterocycles. The molecule has 9 rings (SSSR count). The van der Waals surface area contributed by atoms with E-state index in [0.29, 0.717) is 19.1 Å². The van der Waals surface area contributed by atoms with Gasteiger partial charge in [0.2, 0.25) is 0 Å². The number of carbonyl (C=O) groups excluding carboxylic acids is 5. The van der Waals surface area contributed by atoms with Gasteiger partial charge in [-0.15, -0.1) is 0 Å². The van der Waals surface area contributed by atoms with Gasteiger partial charge in [0.1, 0.15) is 41.5 Å². The number of piperidine rings is 3. The minimum absolute atomic E-state index is 0.0146. The second-order valence-corrected chi connectivity index (χ2v) is 30.5. The number of ether oxygens (including phenoxy) is 6. The van der Waals surface area contributed by atoms with Crippen molar-refractivity contribution in [1.29, 1.82) is 0 Å².